The van der Waals surface area contributed by atoms with Crippen molar-refractivity contribution in [3.05, 3.63) is 71.9 Å². The Morgan fingerprint density at radius 3 is 2.60 bits per heavy atom. The Labute approximate surface area is 173 Å². The third-order valence-corrected chi connectivity index (χ3v) is 5.10. The van der Waals surface area contributed by atoms with Crippen molar-refractivity contribution < 1.29 is 14.3 Å². The maximum absolute atomic E-state index is 12.4. The van der Waals surface area contributed by atoms with Crippen LogP contribution in [0.3, 0.4) is 0 Å². The predicted molar refractivity (Wildman–Crippen MR) is 118 cm³/mol. The molecule has 3 aromatic carbocycles. The second-order valence-corrected chi connectivity index (χ2v) is 6.89. The number of nitrogens with two attached hydrogens (primary N) is 1. The van der Waals surface area contributed by atoms with Gasteiger partial charge in [0, 0.05) is 29.8 Å². The zero-order valence-corrected chi connectivity index (χ0v) is 16.7. The molecule has 0 unspecified atom stereocenters. The Balaban J connectivity index is 1.91. The Morgan fingerprint density at radius 2 is 1.87 bits per heavy atom. The molecule has 30 heavy (non-hydrogen) atoms. The average molecular weight is 399 g/mol. The minimum absolute atomic E-state index is 0.0941. The number of carbonyl (C=O) groups excluding carboxylic acids is 2. The first-order valence-corrected chi connectivity index (χ1v) is 9.61. The molecular formula is C24H21N3O3. The largest absolute Gasteiger partial charge is 0.496 e. The molecular weight excluding hydrogens is 378 g/mol. The molecule has 0 aliphatic heterocycles. The lowest BCUT2D eigenvalue weighted by atomic mass is 9.95. The van der Waals surface area contributed by atoms with Gasteiger partial charge < -0.3 is 15.8 Å². The molecule has 0 bridgehead atoms. The topological polar surface area (TPSA) is 94.3 Å². The fourth-order valence-electron chi connectivity index (χ4n) is 3.69. The van der Waals surface area contributed by atoms with E-state index in [1.807, 2.05) is 49.4 Å². The number of amides is 2. The summed E-state index contributed by atoms with van der Waals surface area (Å²) in [4.78, 5) is 28.7. The summed E-state index contributed by atoms with van der Waals surface area (Å²) in [7, 11) is 1.49. The van der Waals surface area contributed by atoms with E-state index in [0.29, 0.717) is 28.9 Å². The zero-order chi connectivity index (χ0) is 21.3. The number of aromatic nitrogens is 1. The lowest BCUT2D eigenvalue weighted by molar-refractivity contribution is 0.0955. The van der Waals surface area contributed by atoms with Crippen molar-refractivity contribution in [1.29, 1.82) is 0 Å². The van der Waals surface area contributed by atoms with E-state index >= 15 is 0 Å². The third kappa shape index (κ3) is 3.33. The molecule has 0 aliphatic rings. The molecule has 0 spiro atoms. The van der Waals surface area contributed by atoms with Crippen LogP contribution in [0.15, 0.2) is 60.8 Å². The van der Waals surface area contributed by atoms with Gasteiger partial charge in [0.05, 0.1) is 18.2 Å². The number of benzene rings is 3. The van der Waals surface area contributed by atoms with Crippen molar-refractivity contribution in [3.63, 3.8) is 0 Å². The van der Waals surface area contributed by atoms with Crippen LogP contribution < -0.4 is 15.8 Å². The summed E-state index contributed by atoms with van der Waals surface area (Å²) >= 11 is 0. The number of nitrogens with one attached hydrogen (secondary N) is 1. The quantitative estimate of drug-likeness (QED) is 0.532. The molecule has 4 rings (SSSR count). The van der Waals surface area contributed by atoms with Crippen LogP contribution in [0.25, 0.3) is 32.8 Å². The summed E-state index contributed by atoms with van der Waals surface area (Å²) in [6.07, 6.45) is 1.72. The van der Waals surface area contributed by atoms with Gasteiger partial charge in [-0.1, -0.05) is 24.3 Å². The van der Waals surface area contributed by atoms with E-state index in [-0.39, 0.29) is 5.91 Å². The van der Waals surface area contributed by atoms with E-state index in [4.69, 9.17) is 10.5 Å². The first-order chi connectivity index (χ1) is 14.5. The van der Waals surface area contributed by atoms with Gasteiger partial charge in [-0.2, -0.15) is 0 Å². The molecule has 1 heterocycles. The summed E-state index contributed by atoms with van der Waals surface area (Å²) in [5.74, 6) is -0.262. The van der Waals surface area contributed by atoms with Crippen LogP contribution in [0.5, 0.6) is 5.75 Å². The molecule has 4 aromatic rings. The minimum atomic E-state index is -0.561. The SMILES string of the molecule is CCNC(=O)c1cccc2cc(-c3ccnc4cc(OC)c(C(N)=O)cc34)ccc12. The van der Waals surface area contributed by atoms with Crippen LogP contribution in [0, 0.1) is 0 Å². The molecule has 0 fully saturated rings. The van der Waals surface area contributed by atoms with Gasteiger partial charge in [0.25, 0.3) is 11.8 Å². The number of primary amides is 1. The first kappa shape index (κ1) is 19.4. The number of rotatable bonds is 5. The summed E-state index contributed by atoms with van der Waals surface area (Å²) < 4.78 is 5.29. The molecule has 2 amide bonds. The highest BCUT2D eigenvalue weighted by molar-refractivity contribution is 6.09. The second kappa shape index (κ2) is 7.83. The maximum atomic E-state index is 12.4. The van der Waals surface area contributed by atoms with Crippen LogP contribution in [0.2, 0.25) is 0 Å². The molecule has 0 saturated heterocycles. The van der Waals surface area contributed by atoms with Gasteiger partial charge in [-0.25, -0.2) is 0 Å². The molecule has 6 heteroatoms. The summed E-state index contributed by atoms with van der Waals surface area (Å²) in [5.41, 5.74) is 9.04. The smallest absolute Gasteiger partial charge is 0.252 e. The average Bonchev–Trinajstić information content (AvgIpc) is 2.76. The molecule has 3 N–H and O–H groups in total. The van der Waals surface area contributed by atoms with E-state index in [0.717, 1.165) is 27.3 Å². The number of hydrogen-bond acceptors (Lipinski definition) is 4. The fourth-order valence-corrected chi connectivity index (χ4v) is 3.69. The van der Waals surface area contributed by atoms with Crippen LogP contribution in [0.4, 0.5) is 0 Å². The standard InChI is InChI=1S/C24H21N3O3/c1-3-26-24(29)18-6-4-5-14-11-15(7-8-16(14)18)17-9-10-27-21-13-22(30-2)20(23(25)28)12-19(17)21/h4-13H,3H2,1-2H3,(H2,25,28)(H,26,29). The van der Waals surface area contributed by atoms with Crippen LogP contribution >= 0.6 is 0 Å². The number of ether oxygens (including phenoxy) is 1. The normalized spacial score (nSPS) is 10.9. The van der Waals surface area contributed by atoms with Crippen LogP contribution in [-0.2, 0) is 0 Å². The summed E-state index contributed by atoms with van der Waals surface area (Å²) in [6, 6.07) is 16.9. The number of nitrogens with zero attached hydrogens (tertiary/aromatic N) is 1. The molecule has 1 aromatic heterocycles. The van der Waals surface area contributed by atoms with Crippen LogP contribution in [0.1, 0.15) is 27.6 Å². The Hall–Kier alpha value is -3.93. The molecule has 0 radical (unpaired) electrons. The lowest BCUT2D eigenvalue weighted by Gasteiger charge is -2.12. The monoisotopic (exact) mass is 399 g/mol. The van der Waals surface area contributed by atoms with Gasteiger partial charge in [0.15, 0.2) is 0 Å². The van der Waals surface area contributed by atoms with Gasteiger partial charge >= 0.3 is 0 Å². The molecule has 0 aliphatic carbocycles. The number of methoxy groups -OCH3 is 1. The number of hydrogen-bond donors (Lipinski definition) is 2. The van der Waals surface area contributed by atoms with Gasteiger partial charge in [0.2, 0.25) is 0 Å². The van der Waals surface area contributed by atoms with Crippen molar-refractivity contribution in [2.75, 3.05) is 13.7 Å². The van der Waals surface area contributed by atoms with Crippen molar-refractivity contribution in [2.45, 2.75) is 6.92 Å². The van der Waals surface area contributed by atoms with E-state index < -0.39 is 5.91 Å². The molecule has 0 saturated carbocycles. The van der Waals surface area contributed by atoms with Crippen molar-refractivity contribution in [3.8, 4) is 16.9 Å². The first-order valence-electron chi connectivity index (χ1n) is 9.61. The van der Waals surface area contributed by atoms with Crippen molar-refractivity contribution in [2.24, 2.45) is 5.73 Å². The van der Waals surface area contributed by atoms with Crippen molar-refractivity contribution >= 4 is 33.5 Å². The highest BCUT2D eigenvalue weighted by atomic mass is 16.5. The highest BCUT2D eigenvalue weighted by Gasteiger charge is 2.15. The number of pyridine rings is 1. The van der Waals surface area contributed by atoms with E-state index in [2.05, 4.69) is 10.3 Å². The van der Waals surface area contributed by atoms with E-state index in [9.17, 15) is 9.59 Å². The minimum Gasteiger partial charge on any atom is -0.496 e. The third-order valence-electron chi connectivity index (χ3n) is 5.10. The Morgan fingerprint density at radius 1 is 1.03 bits per heavy atom. The predicted octanol–water partition coefficient (Wildman–Crippen LogP) is 3.91. The lowest BCUT2D eigenvalue weighted by Crippen LogP contribution is -2.22. The zero-order valence-electron chi connectivity index (χ0n) is 16.7. The Kier molecular flexibility index (Phi) is 5.06. The molecule has 6 nitrogen and oxygen atoms in total. The maximum Gasteiger partial charge on any atom is 0.252 e. The van der Waals surface area contributed by atoms with Gasteiger partial charge in [-0.15, -0.1) is 0 Å². The molecule has 0 atom stereocenters. The highest BCUT2D eigenvalue weighted by Crippen LogP contribution is 2.34. The van der Waals surface area contributed by atoms with Gasteiger partial charge in [-0.05, 0) is 53.1 Å². The number of carbonyl (C=O) groups is 2. The second-order valence-electron chi connectivity index (χ2n) is 6.89. The van der Waals surface area contributed by atoms with Crippen molar-refractivity contribution in [1.82, 2.24) is 10.3 Å². The van der Waals surface area contributed by atoms with Gasteiger partial charge in [0.1, 0.15) is 5.75 Å². The summed E-state index contributed by atoms with van der Waals surface area (Å²) in [6.45, 7) is 2.47. The van der Waals surface area contributed by atoms with Crippen LogP contribution in [-0.4, -0.2) is 30.5 Å². The molecule has 150 valence electrons. The van der Waals surface area contributed by atoms with E-state index in [1.165, 1.54) is 7.11 Å². The number of fused-ring (bicyclic) bond motifs is 2. The summed E-state index contributed by atoms with van der Waals surface area (Å²) in [5, 5.41) is 5.48. The fraction of sp³-hybridized carbons (Fsp3) is 0.125. The van der Waals surface area contributed by atoms with Gasteiger partial charge in [-0.3, -0.25) is 14.6 Å². The van der Waals surface area contributed by atoms with E-state index in [1.54, 1.807) is 18.3 Å². The Bertz CT molecular complexity index is 1300.